The number of hydrogen-bond donors (Lipinski definition) is 2. The van der Waals surface area contributed by atoms with Gasteiger partial charge in [-0.25, -0.2) is 0 Å². The molecule has 0 radical (unpaired) electrons. The van der Waals surface area contributed by atoms with Crippen LogP contribution in [0.2, 0.25) is 0 Å². The maximum absolute atomic E-state index is 12.2. The van der Waals surface area contributed by atoms with Gasteiger partial charge < -0.3 is 20.1 Å². The summed E-state index contributed by atoms with van der Waals surface area (Å²) < 4.78 is 11.2. The van der Waals surface area contributed by atoms with E-state index >= 15 is 0 Å². The number of halogens is 1. The SMILES string of the molecule is COc1ccc(C(C)NC(=O)C(=O)Nc2ccc(C)cc2Br)cc1OC. The Bertz CT molecular complexity index is 823. The molecule has 1 atom stereocenters. The largest absolute Gasteiger partial charge is 0.493 e. The third kappa shape index (κ3) is 4.76. The topological polar surface area (TPSA) is 76.7 Å². The molecule has 2 aromatic rings. The molecule has 2 N–H and O–H groups in total. The van der Waals surface area contributed by atoms with E-state index in [2.05, 4.69) is 26.6 Å². The number of ether oxygens (including phenoxy) is 2. The summed E-state index contributed by atoms with van der Waals surface area (Å²) >= 11 is 3.37. The molecule has 0 saturated heterocycles. The molecular formula is C19H21BrN2O4. The first kappa shape index (κ1) is 19.8. The molecule has 0 aliphatic heterocycles. The average molecular weight is 421 g/mol. The number of anilines is 1. The van der Waals surface area contributed by atoms with Crippen LogP contribution in [0.5, 0.6) is 11.5 Å². The maximum atomic E-state index is 12.2. The van der Waals surface area contributed by atoms with Crippen molar-refractivity contribution in [2.24, 2.45) is 0 Å². The molecule has 0 heterocycles. The lowest BCUT2D eigenvalue weighted by molar-refractivity contribution is -0.136. The van der Waals surface area contributed by atoms with E-state index in [1.807, 2.05) is 19.1 Å². The van der Waals surface area contributed by atoms with Gasteiger partial charge in [-0.05, 0) is 65.2 Å². The van der Waals surface area contributed by atoms with Crippen molar-refractivity contribution < 1.29 is 19.1 Å². The second-order valence-corrected chi connectivity index (χ2v) is 6.60. The van der Waals surface area contributed by atoms with E-state index in [0.717, 1.165) is 11.1 Å². The molecule has 2 amide bonds. The highest BCUT2D eigenvalue weighted by atomic mass is 79.9. The maximum Gasteiger partial charge on any atom is 0.313 e. The summed E-state index contributed by atoms with van der Waals surface area (Å²) in [6.07, 6.45) is 0. The van der Waals surface area contributed by atoms with Crippen molar-refractivity contribution in [3.05, 3.63) is 52.0 Å². The molecule has 1 unspecified atom stereocenters. The summed E-state index contributed by atoms with van der Waals surface area (Å²) in [5.74, 6) is -0.308. The average Bonchev–Trinajstić information content (AvgIpc) is 2.63. The van der Waals surface area contributed by atoms with E-state index in [1.165, 1.54) is 7.11 Å². The molecule has 2 aromatic carbocycles. The van der Waals surface area contributed by atoms with Gasteiger partial charge in [0.15, 0.2) is 11.5 Å². The van der Waals surface area contributed by atoms with Crippen LogP contribution in [0, 0.1) is 6.92 Å². The van der Waals surface area contributed by atoms with Crippen molar-refractivity contribution in [1.82, 2.24) is 5.32 Å². The minimum atomic E-state index is -0.734. The highest BCUT2D eigenvalue weighted by molar-refractivity contribution is 9.10. The summed E-state index contributed by atoms with van der Waals surface area (Å²) in [5.41, 5.74) is 2.37. The van der Waals surface area contributed by atoms with Crippen LogP contribution in [-0.4, -0.2) is 26.0 Å². The predicted octanol–water partition coefficient (Wildman–Crippen LogP) is 3.59. The Morgan fingerprint density at radius 3 is 2.31 bits per heavy atom. The standard InChI is InChI=1S/C19H21BrN2O4/c1-11-5-7-15(14(20)9-11)22-19(24)18(23)21-12(2)13-6-8-16(25-3)17(10-13)26-4/h5-10,12H,1-4H3,(H,21,23)(H,22,24). The highest BCUT2D eigenvalue weighted by Gasteiger charge is 2.19. The zero-order valence-corrected chi connectivity index (χ0v) is 16.6. The first-order chi connectivity index (χ1) is 12.3. The summed E-state index contributed by atoms with van der Waals surface area (Å²) in [6, 6.07) is 10.4. The zero-order chi connectivity index (χ0) is 19.3. The van der Waals surface area contributed by atoms with Crippen LogP contribution < -0.4 is 20.1 Å². The first-order valence-electron chi connectivity index (χ1n) is 7.95. The number of methoxy groups -OCH3 is 2. The van der Waals surface area contributed by atoms with E-state index in [0.29, 0.717) is 21.7 Å². The van der Waals surface area contributed by atoms with Gasteiger partial charge in [0.2, 0.25) is 0 Å². The van der Waals surface area contributed by atoms with Gasteiger partial charge in [0.05, 0.1) is 25.9 Å². The molecule has 6 nitrogen and oxygen atoms in total. The van der Waals surface area contributed by atoms with Crippen LogP contribution in [0.4, 0.5) is 5.69 Å². The van der Waals surface area contributed by atoms with Gasteiger partial charge in [-0.2, -0.15) is 0 Å². The molecule has 2 rings (SSSR count). The first-order valence-corrected chi connectivity index (χ1v) is 8.75. The fourth-order valence-corrected chi connectivity index (χ4v) is 2.96. The zero-order valence-electron chi connectivity index (χ0n) is 15.1. The number of rotatable bonds is 5. The van der Waals surface area contributed by atoms with Crippen LogP contribution in [0.1, 0.15) is 24.1 Å². The van der Waals surface area contributed by atoms with E-state index in [9.17, 15) is 9.59 Å². The minimum Gasteiger partial charge on any atom is -0.493 e. The molecule has 0 bridgehead atoms. The second-order valence-electron chi connectivity index (χ2n) is 5.75. The molecule has 0 spiro atoms. The number of carbonyl (C=O) groups excluding carboxylic acids is 2. The summed E-state index contributed by atoms with van der Waals surface area (Å²) in [6.45, 7) is 3.72. The van der Waals surface area contributed by atoms with E-state index < -0.39 is 11.8 Å². The van der Waals surface area contributed by atoms with Crippen molar-refractivity contribution in [1.29, 1.82) is 0 Å². The Morgan fingerprint density at radius 1 is 1.00 bits per heavy atom. The summed E-state index contributed by atoms with van der Waals surface area (Å²) in [5, 5.41) is 5.27. The molecule has 0 saturated carbocycles. The van der Waals surface area contributed by atoms with Crippen molar-refractivity contribution in [3.63, 3.8) is 0 Å². The second kappa shape index (κ2) is 8.71. The lowest BCUT2D eigenvalue weighted by Gasteiger charge is -2.16. The summed E-state index contributed by atoms with van der Waals surface area (Å²) in [7, 11) is 3.09. The molecule has 0 aromatic heterocycles. The number of hydrogen-bond acceptors (Lipinski definition) is 4. The third-order valence-corrected chi connectivity index (χ3v) is 4.49. The van der Waals surface area contributed by atoms with Gasteiger partial charge in [0.1, 0.15) is 0 Å². The fourth-order valence-electron chi connectivity index (χ4n) is 2.37. The fraction of sp³-hybridized carbons (Fsp3) is 0.263. The molecule has 7 heteroatoms. The molecule has 0 aliphatic carbocycles. The van der Waals surface area contributed by atoms with Crippen LogP contribution in [0.25, 0.3) is 0 Å². The number of amides is 2. The Hall–Kier alpha value is -2.54. The van der Waals surface area contributed by atoms with E-state index in [1.54, 1.807) is 38.3 Å². The van der Waals surface area contributed by atoms with Crippen LogP contribution in [-0.2, 0) is 9.59 Å². The molecular weight excluding hydrogens is 400 g/mol. The van der Waals surface area contributed by atoms with Crippen molar-refractivity contribution in [2.75, 3.05) is 19.5 Å². The molecule has 138 valence electrons. The number of benzene rings is 2. The smallest absolute Gasteiger partial charge is 0.313 e. The molecule has 26 heavy (non-hydrogen) atoms. The quantitative estimate of drug-likeness (QED) is 0.724. The number of aryl methyl sites for hydroxylation is 1. The molecule has 0 fully saturated rings. The van der Waals surface area contributed by atoms with Gasteiger partial charge >= 0.3 is 11.8 Å². The monoisotopic (exact) mass is 420 g/mol. The Morgan fingerprint density at radius 2 is 1.69 bits per heavy atom. The number of carbonyl (C=O) groups is 2. The van der Waals surface area contributed by atoms with Gasteiger partial charge in [-0.1, -0.05) is 12.1 Å². The Kier molecular flexibility index (Phi) is 6.63. The van der Waals surface area contributed by atoms with Gasteiger partial charge in [-0.3, -0.25) is 9.59 Å². The van der Waals surface area contributed by atoms with Gasteiger partial charge in [-0.15, -0.1) is 0 Å². The highest BCUT2D eigenvalue weighted by Crippen LogP contribution is 2.30. The third-order valence-electron chi connectivity index (χ3n) is 3.83. The van der Waals surface area contributed by atoms with Crippen LogP contribution in [0.15, 0.2) is 40.9 Å². The van der Waals surface area contributed by atoms with E-state index in [4.69, 9.17) is 9.47 Å². The lowest BCUT2D eigenvalue weighted by Crippen LogP contribution is -2.37. The lowest BCUT2D eigenvalue weighted by atomic mass is 10.1. The van der Waals surface area contributed by atoms with Gasteiger partial charge in [0.25, 0.3) is 0 Å². The summed E-state index contributed by atoms with van der Waals surface area (Å²) in [4.78, 5) is 24.3. The predicted molar refractivity (Wildman–Crippen MR) is 104 cm³/mol. The van der Waals surface area contributed by atoms with Crippen molar-refractivity contribution in [2.45, 2.75) is 19.9 Å². The van der Waals surface area contributed by atoms with Crippen molar-refractivity contribution in [3.8, 4) is 11.5 Å². The number of nitrogens with one attached hydrogen (secondary N) is 2. The van der Waals surface area contributed by atoms with Crippen molar-refractivity contribution >= 4 is 33.4 Å². The Balaban J connectivity index is 2.05. The minimum absolute atomic E-state index is 0.380. The normalized spacial score (nSPS) is 11.4. The molecule has 0 aliphatic rings. The van der Waals surface area contributed by atoms with Gasteiger partial charge in [0, 0.05) is 4.47 Å². The van der Waals surface area contributed by atoms with E-state index in [-0.39, 0.29) is 6.04 Å². The van der Waals surface area contributed by atoms with Crippen LogP contribution >= 0.6 is 15.9 Å². The van der Waals surface area contributed by atoms with Crippen LogP contribution in [0.3, 0.4) is 0 Å². The Labute approximate surface area is 161 Å².